The van der Waals surface area contributed by atoms with E-state index < -0.39 is 0 Å². The first-order valence-corrected chi connectivity index (χ1v) is 5.26. The second kappa shape index (κ2) is 7.76. The van der Waals surface area contributed by atoms with Crippen LogP contribution in [0.4, 0.5) is 0 Å². The maximum absolute atomic E-state index is 11.2. The number of nitrogens with zero attached hydrogens (tertiary/aromatic N) is 1. The van der Waals surface area contributed by atoms with Gasteiger partial charge >= 0.3 is 0 Å². The highest BCUT2D eigenvalue weighted by atomic mass is 16.2. The topological polar surface area (TPSA) is 58.4 Å². The lowest BCUT2D eigenvalue weighted by atomic mass is 10.2. The van der Waals surface area contributed by atoms with Gasteiger partial charge in [0.25, 0.3) is 0 Å². The van der Waals surface area contributed by atoms with Crippen LogP contribution in [0.25, 0.3) is 0 Å². The molecule has 0 aromatic carbocycles. The van der Waals surface area contributed by atoms with Crippen LogP contribution in [-0.4, -0.2) is 44.0 Å². The minimum Gasteiger partial charge on any atom is -0.355 e. The van der Waals surface area contributed by atoms with E-state index in [1.165, 1.54) is 0 Å². The quantitative estimate of drug-likeness (QED) is 0.578. The first kappa shape index (κ1) is 13.4. The first-order chi connectivity index (χ1) is 6.57. The molecule has 3 N–H and O–H groups in total. The molecule has 0 fully saturated rings. The molecule has 4 heteroatoms. The molecule has 1 atom stereocenters. The van der Waals surface area contributed by atoms with E-state index in [0.29, 0.717) is 6.42 Å². The number of unbranched alkanes of at least 4 members (excludes halogenated alkanes) is 1. The number of carbonyl (C=O) groups is 1. The second-order valence-corrected chi connectivity index (χ2v) is 3.82. The van der Waals surface area contributed by atoms with Gasteiger partial charge in [0.15, 0.2) is 0 Å². The molecule has 0 rings (SSSR count). The highest BCUT2D eigenvalue weighted by molar-refractivity contribution is 5.81. The van der Waals surface area contributed by atoms with Crippen molar-refractivity contribution in [2.24, 2.45) is 5.73 Å². The molecule has 0 heterocycles. The number of nitrogens with one attached hydrogen (secondary N) is 1. The fourth-order valence-electron chi connectivity index (χ4n) is 1.08. The summed E-state index contributed by atoms with van der Waals surface area (Å²) >= 11 is 0. The van der Waals surface area contributed by atoms with Gasteiger partial charge in [-0.05, 0) is 39.9 Å². The Hall–Kier alpha value is -0.610. The lowest BCUT2D eigenvalue weighted by Crippen LogP contribution is -2.40. The van der Waals surface area contributed by atoms with Gasteiger partial charge in [0.05, 0.1) is 6.04 Å². The van der Waals surface area contributed by atoms with Crippen molar-refractivity contribution in [2.75, 3.05) is 27.2 Å². The molecule has 0 aliphatic rings. The summed E-state index contributed by atoms with van der Waals surface area (Å²) < 4.78 is 0. The van der Waals surface area contributed by atoms with E-state index in [-0.39, 0.29) is 11.9 Å². The molecule has 0 saturated carbocycles. The summed E-state index contributed by atoms with van der Waals surface area (Å²) in [6.07, 6.45) is 2.82. The van der Waals surface area contributed by atoms with Crippen molar-refractivity contribution >= 4 is 5.91 Å². The van der Waals surface area contributed by atoms with Gasteiger partial charge in [0.2, 0.25) is 5.91 Å². The zero-order valence-electron chi connectivity index (χ0n) is 9.55. The molecule has 14 heavy (non-hydrogen) atoms. The van der Waals surface area contributed by atoms with Gasteiger partial charge in [-0.1, -0.05) is 6.92 Å². The van der Waals surface area contributed by atoms with Crippen LogP contribution in [0, 0.1) is 0 Å². The average molecular weight is 201 g/mol. The molecule has 0 unspecified atom stereocenters. The Morgan fingerprint density at radius 3 is 2.57 bits per heavy atom. The molecular formula is C10H23N3O. The predicted octanol–water partition coefficient (Wildman–Crippen LogP) is 0.182. The van der Waals surface area contributed by atoms with Crippen molar-refractivity contribution in [3.05, 3.63) is 0 Å². The zero-order chi connectivity index (χ0) is 11.0. The summed E-state index contributed by atoms with van der Waals surface area (Å²) in [6, 6.07) is -0.344. The molecule has 0 radical (unpaired) electrons. The van der Waals surface area contributed by atoms with E-state index in [0.717, 1.165) is 25.9 Å². The van der Waals surface area contributed by atoms with E-state index in [1.54, 1.807) is 0 Å². The van der Waals surface area contributed by atoms with Crippen LogP contribution in [0.3, 0.4) is 0 Å². The third-order valence-corrected chi connectivity index (χ3v) is 2.11. The van der Waals surface area contributed by atoms with Crippen LogP contribution >= 0.6 is 0 Å². The molecule has 0 spiro atoms. The molecule has 84 valence electrons. The Morgan fingerprint density at radius 1 is 1.43 bits per heavy atom. The summed E-state index contributed by atoms with van der Waals surface area (Å²) in [5, 5.41) is 2.82. The number of carbonyl (C=O) groups excluding carboxylic acids is 1. The summed E-state index contributed by atoms with van der Waals surface area (Å²) in [5.41, 5.74) is 5.56. The van der Waals surface area contributed by atoms with E-state index in [2.05, 4.69) is 10.2 Å². The summed E-state index contributed by atoms with van der Waals surface area (Å²) in [4.78, 5) is 13.4. The maximum atomic E-state index is 11.2. The fraction of sp³-hybridized carbons (Fsp3) is 0.900. The number of nitrogens with two attached hydrogens (primary N) is 1. The first-order valence-electron chi connectivity index (χ1n) is 5.26. The summed E-state index contributed by atoms with van der Waals surface area (Å²) in [6.45, 7) is 3.71. The Bertz CT molecular complexity index is 159. The maximum Gasteiger partial charge on any atom is 0.236 e. The van der Waals surface area contributed by atoms with E-state index in [1.807, 2.05) is 21.0 Å². The fourth-order valence-corrected chi connectivity index (χ4v) is 1.08. The minimum atomic E-state index is -0.344. The van der Waals surface area contributed by atoms with Crippen LogP contribution < -0.4 is 11.1 Å². The summed E-state index contributed by atoms with van der Waals surface area (Å²) in [7, 11) is 4.09. The van der Waals surface area contributed by atoms with Crippen molar-refractivity contribution in [2.45, 2.75) is 32.2 Å². The van der Waals surface area contributed by atoms with Crippen LogP contribution in [0.2, 0.25) is 0 Å². The molecule has 0 bridgehead atoms. The average Bonchev–Trinajstić information content (AvgIpc) is 2.15. The van der Waals surface area contributed by atoms with Gasteiger partial charge in [0.1, 0.15) is 0 Å². The number of rotatable bonds is 7. The smallest absolute Gasteiger partial charge is 0.236 e. The molecule has 0 saturated heterocycles. The van der Waals surface area contributed by atoms with Crippen molar-refractivity contribution in [1.82, 2.24) is 10.2 Å². The van der Waals surface area contributed by atoms with Crippen LogP contribution in [0.5, 0.6) is 0 Å². The Morgan fingerprint density at radius 2 is 2.07 bits per heavy atom. The molecule has 4 nitrogen and oxygen atoms in total. The number of hydrogen-bond donors (Lipinski definition) is 2. The van der Waals surface area contributed by atoms with E-state index in [4.69, 9.17) is 5.73 Å². The lowest BCUT2D eigenvalue weighted by molar-refractivity contribution is -0.122. The lowest BCUT2D eigenvalue weighted by Gasteiger charge is -2.11. The van der Waals surface area contributed by atoms with Crippen LogP contribution in [-0.2, 0) is 4.79 Å². The molecule has 0 aromatic rings. The van der Waals surface area contributed by atoms with Crippen molar-refractivity contribution < 1.29 is 4.79 Å². The number of amides is 1. The van der Waals surface area contributed by atoms with Crippen LogP contribution in [0.15, 0.2) is 0 Å². The van der Waals surface area contributed by atoms with E-state index >= 15 is 0 Å². The molecular weight excluding hydrogens is 178 g/mol. The predicted molar refractivity (Wildman–Crippen MR) is 59.1 cm³/mol. The van der Waals surface area contributed by atoms with Gasteiger partial charge in [-0.3, -0.25) is 4.79 Å². The van der Waals surface area contributed by atoms with Gasteiger partial charge < -0.3 is 16.0 Å². The summed E-state index contributed by atoms with van der Waals surface area (Å²) in [5.74, 6) is -0.0302. The van der Waals surface area contributed by atoms with Gasteiger partial charge in [0, 0.05) is 6.54 Å². The van der Waals surface area contributed by atoms with Crippen molar-refractivity contribution in [3.63, 3.8) is 0 Å². The molecule has 0 aromatic heterocycles. The monoisotopic (exact) mass is 201 g/mol. The van der Waals surface area contributed by atoms with Gasteiger partial charge in [-0.25, -0.2) is 0 Å². The van der Waals surface area contributed by atoms with Crippen LogP contribution in [0.1, 0.15) is 26.2 Å². The third-order valence-electron chi connectivity index (χ3n) is 2.11. The second-order valence-electron chi connectivity index (χ2n) is 3.82. The minimum absolute atomic E-state index is 0.0302. The van der Waals surface area contributed by atoms with Gasteiger partial charge in [-0.2, -0.15) is 0 Å². The Labute approximate surface area is 86.8 Å². The zero-order valence-corrected chi connectivity index (χ0v) is 9.55. The normalized spacial score (nSPS) is 12.9. The largest absolute Gasteiger partial charge is 0.355 e. The highest BCUT2D eigenvalue weighted by Gasteiger charge is 2.08. The highest BCUT2D eigenvalue weighted by Crippen LogP contribution is 1.90. The molecule has 1 amide bonds. The molecule has 0 aliphatic heterocycles. The van der Waals surface area contributed by atoms with Crippen molar-refractivity contribution in [1.29, 1.82) is 0 Å². The Balaban J connectivity index is 3.32. The number of hydrogen-bond acceptors (Lipinski definition) is 3. The van der Waals surface area contributed by atoms with Crippen molar-refractivity contribution in [3.8, 4) is 0 Å². The SMILES string of the molecule is CC[C@@H](N)C(=O)NCCCCN(C)C. The Kier molecular flexibility index (Phi) is 7.42. The third kappa shape index (κ3) is 6.86. The molecule has 0 aliphatic carbocycles. The standard InChI is InChI=1S/C10H23N3O/c1-4-9(11)10(14)12-7-5-6-8-13(2)3/h9H,4-8,11H2,1-3H3,(H,12,14)/t9-/m1/s1. The van der Waals surface area contributed by atoms with E-state index in [9.17, 15) is 4.79 Å². The van der Waals surface area contributed by atoms with Gasteiger partial charge in [-0.15, -0.1) is 0 Å².